The summed E-state index contributed by atoms with van der Waals surface area (Å²) >= 11 is 0. The fourth-order valence-corrected chi connectivity index (χ4v) is 1.61. The minimum atomic E-state index is -0.449. The van der Waals surface area contributed by atoms with Crippen molar-refractivity contribution in [3.8, 4) is 6.07 Å². The van der Waals surface area contributed by atoms with Gasteiger partial charge in [-0.15, -0.1) is 0 Å². The van der Waals surface area contributed by atoms with Gasteiger partial charge in [0.2, 0.25) is 5.91 Å². The van der Waals surface area contributed by atoms with Crippen LogP contribution >= 0.6 is 0 Å². The summed E-state index contributed by atoms with van der Waals surface area (Å²) in [6.07, 6.45) is 3.38. The highest BCUT2D eigenvalue weighted by atomic mass is 16.1. The average molecular weight is 247 g/mol. The van der Waals surface area contributed by atoms with Gasteiger partial charge in [0.1, 0.15) is 6.07 Å². The van der Waals surface area contributed by atoms with Crippen molar-refractivity contribution in [1.82, 2.24) is 4.98 Å². The Kier molecular flexibility index (Phi) is 4.93. The summed E-state index contributed by atoms with van der Waals surface area (Å²) in [4.78, 5) is 16.9. The number of nitrogen functional groups attached to an aromatic ring is 1. The van der Waals surface area contributed by atoms with E-state index in [1.807, 2.05) is 13.0 Å². The molecule has 0 bridgehead atoms. The molecule has 0 unspecified atom stereocenters. The molecule has 6 heteroatoms. The summed E-state index contributed by atoms with van der Waals surface area (Å²) in [5.41, 5.74) is 11.7. The molecular weight excluding hydrogens is 230 g/mol. The fraction of sp³-hybridized carbons (Fsp3) is 0.417. The number of primary amides is 1. The highest BCUT2D eigenvalue weighted by Gasteiger charge is 2.15. The number of carbonyl (C=O) groups excluding carboxylic acids is 1. The normalized spacial score (nSPS) is 9.78. The topological polar surface area (TPSA) is 109 Å². The van der Waals surface area contributed by atoms with E-state index in [-0.39, 0.29) is 12.2 Å². The Hall–Kier alpha value is -2.29. The van der Waals surface area contributed by atoms with Crippen molar-refractivity contribution < 1.29 is 4.79 Å². The third-order valence-corrected chi connectivity index (χ3v) is 2.52. The van der Waals surface area contributed by atoms with Crippen LogP contribution in [-0.4, -0.2) is 24.0 Å². The number of unbranched alkanes of at least 4 members (excludes halogenated alkanes) is 1. The first-order chi connectivity index (χ1) is 8.60. The molecule has 0 saturated heterocycles. The first-order valence-electron chi connectivity index (χ1n) is 5.78. The van der Waals surface area contributed by atoms with Crippen LogP contribution < -0.4 is 16.4 Å². The molecule has 0 aliphatic rings. The van der Waals surface area contributed by atoms with E-state index >= 15 is 0 Å². The lowest BCUT2D eigenvalue weighted by atomic mass is 10.2. The van der Waals surface area contributed by atoms with Gasteiger partial charge < -0.3 is 16.4 Å². The maximum absolute atomic E-state index is 11.1. The second kappa shape index (κ2) is 6.45. The summed E-state index contributed by atoms with van der Waals surface area (Å²) in [5.74, 6) is -0.00374. The van der Waals surface area contributed by atoms with E-state index in [9.17, 15) is 4.79 Å². The Balaban J connectivity index is 3.04. The molecule has 4 N–H and O–H groups in total. The number of pyridine rings is 1. The fourth-order valence-electron chi connectivity index (χ4n) is 1.61. The van der Waals surface area contributed by atoms with Gasteiger partial charge in [-0.3, -0.25) is 4.79 Å². The van der Waals surface area contributed by atoms with E-state index in [0.717, 1.165) is 12.8 Å². The number of nitrogens with two attached hydrogens (primary N) is 2. The van der Waals surface area contributed by atoms with E-state index in [2.05, 4.69) is 4.98 Å². The lowest BCUT2D eigenvalue weighted by Crippen LogP contribution is -2.35. The molecule has 0 aliphatic carbocycles. The van der Waals surface area contributed by atoms with Crippen LogP contribution in [0.1, 0.15) is 25.3 Å². The molecule has 0 fully saturated rings. The molecule has 18 heavy (non-hydrogen) atoms. The van der Waals surface area contributed by atoms with Crippen LogP contribution in [0.5, 0.6) is 0 Å². The molecule has 1 heterocycles. The zero-order valence-corrected chi connectivity index (χ0v) is 10.4. The number of carbonyl (C=O) groups is 1. The molecule has 0 radical (unpaired) electrons. The van der Waals surface area contributed by atoms with Crippen molar-refractivity contribution in [1.29, 1.82) is 5.26 Å². The number of hydrogen-bond acceptors (Lipinski definition) is 5. The Labute approximate surface area is 106 Å². The second-order valence-corrected chi connectivity index (χ2v) is 3.95. The van der Waals surface area contributed by atoms with Crippen LogP contribution in [0.25, 0.3) is 0 Å². The summed E-state index contributed by atoms with van der Waals surface area (Å²) < 4.78 is 0. The molecule has 0 saturated carbocycles. The van der Waals surface area contributed by atoms with Gasteiger partial charge in [0.25, 0.3) is 0 Å². The number of hydrogen-bond donors (Lipinski definition) is 2. The van der Waals surface area contributed by atoms with Gasteiger partial charge in [-0.25, -0.2) is 4.98 Å². The lowest BCUT2D eigenvalue weighted by Gasteiger charge is -2.23. The molecule has 0 aromatic carbocycles. The first kappa shape index (κ1) is 13.8. The molecule has 0 aliphatic heterocycles. The van der Waals surface area contributed by atoms with Crippen LogP contribution in [0.4, 0.5) is 11.5 Å². The number of amides is 1. The van der Waals surface area contributed by atoms with Gasteiger partial charge in [-0.1, -0.05) is 13.3 Å². The molecule has 0 atom stereocenters. The third kappa shape index (κ3) is 3.35. The van der Waals surface area contributed by atoms with E-state index in [4.69, 9.17) is 16.7 Å². The quantitative estimate of drug-likeness (QED) is 0.766. The van der Waals surface area contributed by atoms with E-state index in [0.29, 0.717) is 17.9 Å². The van der Waals surface area contributed by atoms with E-state index < -0.39 is 5.91 Å². The number of nitrogens with zero attached hydrogens (tertiary/aromatic N) is 3. The summed E-state index contributed by atoms with van der Waals surface area (Å²) in [7, 11) is 0. The number of nitriles is 1. The Morgan fingerprint density at radius 1 is 1.61 bits per heavy atom. The Morgan fingerprint density at radius 2 is 2.33 bits per heavy atom. The third-order valence-electron chi connectivity index (χ3n) is 2.52. The molecule has 96 valence electrons. The maximum Gasteiger partial charge on any atom is 0.236 e. The molecule has 6 nitrogen and oxygen atoms in total. The largest absolute Gasteiger partial charge is 0.395 e. The minimum absolute atomic E-state index is 0.0477. The minimum Gasteiger partial charge on any atom is -0.395 e. The zero-order chi connectivity index (χ0) is 13.5. The second-order valence-electron chi connectivity index (χ2n) is 3.95. The highest BCUT2D eigenvalue weighted by Crippen LogP contribution is 2.23. The smallest absolute Gasteiger partial charge is 0.236 e. The maximum atomic E-state index is 11.1. The highest BCUT2D eigenvalue weighted by molar-refractivity contribution is 5.81. The van der Waals surface area contributed by atoms with Crippen LogP contribution in [-0.2, 0) is 4.79 Å². The van der Waals surface area contributed by atoms with E-state index in [1.165, 1.54) is 6.20 Å². The SMILES string of the molecule is CCCCN(CC(N)=O)c1nccc(C#N)c1N. The summed E-state index contributed by atoms with van der Waals surface area (Å²) in [5, 5.41) is 8.91. The summed E-state index contributed by atoms with van der Waals surface area (Å²) in [6, 6.07) is 3.53. The standard InChI is InChI=1S/C12H17N5O/c1-2-3-6-17(8-10(14)18)12-11(15)9(7-13)4-5-16-12/h4-5H,2-3,6,8,15H2,1H3,(H2,14,18). The predicted octanol–water partition coefficient (Wildman–Crippen LogP) is 0.627. The van der Waals surface area contributed by atoms with Gasteiger partial charge >= 0.3 is 0 Å². The van der Waals surface area contributed by atoms with Crippen molar-refractivity contribution in [3.05, 3.63) is 17.8 Å². The van der Waals surface area contributed by atoms with Crippen molar-refractivity contribution in [2.75, 3.05) is 23.7 Å². The van der Waals surface area contributed by atoms with Gasteiger partial charge in [-0.2, -0.15) is 5.26 Å². The molecule has 1 aromatic heterocycles. The zero-order valence-electron chi connectivity index (χ0n) is 10.4. The van der Waals surface area contributed by atoms with Gasteiger partial charge in [0.05, 0.1) is 17.8 Å². The summed E-state index contributed by atoms with van der Waals surface area (Å²) in [6.45, 7) is 2.72. The van der Waals surface area contributed by atoms with Gasteiger partial charge in [0, 0.05) is 12.7 Å². The van der Waals surface area contributed by atoms with Crippen LogP contribution in [0.2, 0.25) is 0 Å². The monoisotopic (exact) mass is 247 g/mol. The van der Waals surface area contributed by atoms with Crippen molar-refractivity contribution in [2.24, 2.45) is 5.73 Å². The van der Waals surface area contributed by atoms with Crippen molar-refractivity contribution in [2.45, 2.75) is 19.8 Å². The average Bonchev–Trinajstić information content (AvgIpc) is 2.34. The van der Waals surface area contributed by atoms with Crippen LogP contribution in [0.15, 0.2) is 12.3 Å². The Bertz CT molecular complexity index is 466. The molecule has 1 amide bonds. The van der Waals surface area contributed by atoms with Crippen molar-refractivity contribution in [3.63, 3.8) is 0 Å². The Morgan fingerprint density at radius 3 is 2.89 bits per heavy atom. The van der Waals surface area contributed by atoms with Crippen molar-refractivity contribution >= 4 is 17.4 Å². The lowest BCUT2D eigenvalue weighted by molar-refractivity contribution is -0.116. The predicted molar refractivity (Wildman–Crippen MR) is 69.7 cm³/mol. The van der Waals surface area contributed by atoms with Crippen LogP contribution in [0, 0.1) is 11.3 Å². The molecular formula is C12H17N5O. The molecule has 1 aromatic rings. The van der Waals surface area contributed by atoms with E-state index in [1.54, 1.807) is 11.0 Å². The molecule has 1 rings (SSSR count). The van der Waals surface area contributed by atoms with Gasteiger partial charge in [-0.05, 0) is 12.5 Å². The number of rotatable bonds is 6. The molecule has 0 spiro atoms. The number of anilines is 2. The number of aromatic nitrogens is 1. The van der Waals surface area contributed by atoms with Crippen LogP contribution in [0.3, 0.4) is 0 Å². The first-order valence-corrected chi connectivity index (χ1v) is 5.78. The van der Waals surface area contributed by atoms with Gasteiger partial charge in [0.15, 0.2) is 5.82 Å².